The molecule has 0 aliphatic carbocycles. The van der Waals surface area contributed by atoms with E-state index in [1.807, 2.05) is 33.8 Å². The van der Waals surface area contributed by atoms with Crippen molar-refractivity contribution in [1.82, 2.24) is 0 Å². The van der Waals surface area contributed by atoms with Gasteiger partial charge in [0.15, 0.2) is 0 Å². The van der Waals surface area contributed by atoms with Crippen LogP contribution in [0.1, 0.15) is 51.7 Å². The molecule has 124 valence electrons. The Bertz CT molecular complexity index is 551. The largest absolute Gasteiger partial charge is 0.490 e. The average Bonchev–Trinajstić information content (AvgIpc) is 3.22. The van der Waals surface area contributed by atoms with Gasteiger partial charge in [-0.1, -0.05) is 27.7 Å². The first-order valence-electron chi connectivity index (χ1n) is 8.47. The van der Waals surface area contributed by atoms with E-state index in [0.29, 0.717) is 6.61 Å². The summed E-state index contributed by atoms with van der Waals surface area (Å²) >= 11 is 0. The maximum absolute atomic E-state index is 5.96. The van der Waals surface area contributed by atoms with Crippen LogP contribution >= 0.6 is 0 Å². The molecule has 3 nitrogen and oxygen atoms in total. The second kappa shape index (κ2) is 9.52. The molecule has 1 aromatic heterocycles. The van der Waals surface area contributed by atoms with Crippen molar-refractivity contribution in [2.75, 3.05) is 13.2 Å². The molecule has 0 amide bonds. The lowest BCUT2D eigenvalue weighted by molar-refractivity contribution is 0.0682. The van der Waals surface area contributed by atoms with Crippen molar-refractivity contribution in [3.63, 3.8) is 0 Å². The van der Waals surface area contributed by atoms with E-state index >= 15 is 0 Å². The third-order valence-corrected chi connectivity index (χ3v) is 3.50. The van der Waals surface area contributed by atoms with E-state index in [-0.39, 0.29) is 6.10 Å². The molecule has 0 N–H and O–H groups in total. The molecule has 0 radical (unpaired) electrons. The summed E-state index contributed by atoms with van der Waals surface area (Å²) in [7, 11) is 0. The van der Waals surface area contributed by atoms with Crippen LogP contribution in [-0.4, -0.2) is 19.3 Å². The summed E-state index contributed by atoms with van der Waals surface area (Å²) < 4.78 is 17.1. The Hall–Kier alpha value is -1.48. The van der Waals surface area contributed by atoms with Crippen molar-refractivity contribution < 1.29 is 13.9 Å². The standard InChI is InChI=1S/C15H18O3.2C2H6/c1-10-8-11(2)15(13-5-7-17-14(10)13)18-9-12-4-3-6-16-12;2*1-2/h5,7-8,12H,3-4,6,9H2,1-2H3;2*1-2H3. The normalized spacial score (nSPS) is 16.5. The highest BCUT2D eigenvalue weighted by atomic mass is 16.5. The Balaban J connectivity index is 0.000000561. The van der Waals surface area contributed by atoms with Gasteiger partial charge in [-0.2, -0.15) is 0 Å². The number of aryl methyl sites for hydroxylation is 2. The molecule has 0 spiro atoms. The zero-order valence-corrected chi connectivity index (χ0v) is 14.9. The second-order valence-corrected chi connectivity index (χ2v) is 4.95. The van der Waals surface area contributed by atoms with Crippen molar-refractivity contribution in [2.45, 2.75) is 60.5 Å². The summed E-state index contributed by atoms with van der Waals surface area (Å²) in [6.45, 7) is 13.6. The Kier molecular flexibility index (Phi) is 8.03. The number of fused-ring (bicyclic) bond motifs is 1. The predicted molar refractivity (Wildman–Crippen MR) is 92.9 cm³/mol. The van der Waals surface area contributed by atoms with Crippen LogP contribution in [-0.2, 0) is 4.74 Å². The molecule has 1 fully saturated rings. The van der Waals surface area contributed by atoms with Gasteiger partial charge in [0.2, 0.25) is 0 Å². The molecule has 1 aromatic carbocycles. The fourth-order valence-corrected chi connectivity index (χ4v) is 2.61. The lowest BCUT2D eigenvalue weighted by atomic mass is 10.1. The van der Waals surface area contributed by atoms with Crippen LogP contribution in [0.15, 0.2) is 22.8 Å². The number of ether oxygens (including phenoxy) is 2. The van der Waals surface area contributed by atoms with Crippen molar-refractivity contribution in [3.8, 4) is 5.75 Å². The number of hydrogen-bond acceptors (Lipinski definition) is 3. The molecule has 1 unspecified atom stereocenters. The first kappa shape index (κ1) is 18.6. The van der Waals surface area contributed by atoms with Crippen LogP contribution in [0.3, 0.4) is 0 Å². The average molecular weight is 306 g/mol. The van der Waals surface area contributed by atoms with Gasteiger partial charge in [0.05, 0.1) is 17.8 Å². The summed E-state index contributed by atoms with van der Waals surface area (Å²) in [5.41, 5.74) is 3.22. The second-order valence-electron chi connectivity index (χ2n) is 4.95. The summed E-state index contributed by atoms with van der Waals surface area (Å²) in [6.07, 6.45) is 4.20. The first-order valence-corrected chi connectivity index (χ1v) is 8.47. The minimum absolute atomic E-state index is 0.243. The molecule has 3 heteroatoms. The van der Waals surface area contributed by atoms with Crippen molar-refractivity contribution in [1.29, 1.82) is 0 Å². The zero-order chi connectivity index (χ0) is 16.5. The summed E-state index contributed by atoms with van der Waals surface area (Å²) in [5, 5.41) is 1.06. The Labute approximate surface area is 134 Å². The van der Waals surface area contributed by atoms with Crippen LogP contribution < -0.4 is 4.74 Å². The molecule has 0 bridgehead atoms. The summed E-state index contributed by atoms with van der Waals surface area (Å²) in [5.74, 6) is 0.930. The molecular weight excluding hydrogens is 276 g/mol. The number of benzene rings is 1. The Morgan fingerprint density at radius 1 is 1.14 bits per heavy atom. The molecule has 1 aliphatic rings. The zero-order valence-electron chi connectivity index (χ0n) is 14.9. The van der Waals surface area contributed by atoms with Crippen LogP contribution in [0.2, 0.25) is 0 Å². The predicted octanol–water partition coefficient (Wildman–Crippen LogP) is 5.66. The molecule has 1 saturated heterocycles. The molecular formula is C19H30O3. The van der Waals surface area contributed by atoms with E-state index in [0.717, 1.165) is 47.3 Å². The third-order valence-electron chi connectivity index (χ3n) is 3.50. The lowest BCUT2D eigenvalue weighted by Crippen LogP contribution is -2.16. The minimum atomic E-state index is 0.243. The molecule has 3 rings (SSSR count). The fraction of sp³-hybridized carbons (Fsp3) is 0.579. The van der Waals surface area contributed by atoms with Crippen LogP contribution in [0.25, 0.3) is 11.0 Å². The molecule has 22 heavy (non-hydrogen) atoms. The Morgan fingerprint density at radius 2 is 1.86 bits per heavy atom. The van der Waals surface area contributed by atoms with E-state index in [4.69, 9.17) is 13.9 Å². The monoisotopic (exact) mass is 306 g/mol. The van der Waals surface area contributed by atoms with Gasteiger partial charge < -0.3 is 13.9 Å². The first-order chi connectivity index (χ1) is 10.8. The van der Waals surface area contributed by atoms with Crippen molar-refractivity contribution >= 4 is 11.0 Å². The highest BCUT2D eigenvalue weighted by Crippen LogP contribution is 2.33. The van der Waals surface area contributed by atoms with E-state index in [9.17, 15) is 0 Å². The van der Waals surface area contributed by atoms with Crippen molar-refractivity contribution in [3.05, 3.63) is 29.5 Å². The highest BCUT2D eigenvalue weighted by molar-refractivity contribution is 5.88. The van der Waals surface area contributed by atoms with Gasteiger partial charge in [0.1, 0.15) is 17.9 Å². The molecule has 1 aliphatic heterocycles. The van der Waals surface area contributed by atoms with Crippen molar-refractivity contribution in [2.24, 2.45) is 0 Å². The van der Waals surface area contributed by atoms with Gasteiger partial charge in [-0.3, -0.25) is 0 Å². The number of furan rings is 1. The van der Waals surface area contributed by atoms with E-state index < -0.39 is 0 Å². The molecule has 2 aromatic rings. The lowest BCUT2D eigenvalue weighted by Gasteiger charge is -2.14. The van der Waals surface area contributed by atoms with Gasteiger partial charge in [0.25, 0.3) is 0 Å². The molecule has 1 atom stereocenters. The van der Waals surface area contributed by atoms with Gasteiger partial charge in [0, 0.05) is 6.61 Å². The number of rotatable bonds is 3. The van der Waals surface area contributed by atoms with Gasteiger partial charge in [-0.05, 0) is 49.9 Å². The third kappa shape index (κ3) is 4.26. The van der Waals surface area contributed by atoms with Gasteiger partial charge in [-0.15, -0.1) is 0 Å². The van der Waals surface area contributed by atoms with Gasteiger partial charge >= 0.3 is 0 Å². The highest BCUT2D eigenvalue weighted by Gasteiger charge is 2.18. The minimum Gasteiger partial charge on any atom is -0.490 e. The molecule has 2 heterocycles. The van der Waals surface area contributed by atoms with Crippen LogP contribution in [0.4, 0.5) is 0 Å². The topological polar surface area (TPSA) is 31.6 Å². The van der Waals surface area contributed by atoms with Crippen LogP contribution in [0, 0.1) is 13.8 Å². The maximum atomic E-state index is 5.96. The fourth-order valence-electron chi connectivity index (χ4n) is 2.61. The summed E-state index contributed by atoms with van der Waals surface area (Å²) in [6, 6.07) is 4.08. The van der Waals surface area contributed by atoms with E-state index in [1.165, 1.54) is 0 Å². The van der Waals surface area contributed by atoms with Crippen LogP contribution in [0.5, 0.6) is 5.75 Å². The quantitative estimate of drug-likeness (QED) is 0.733. The number of hydrogen-bond donors (Lipinski definition) is 0. The smallest absolute Gasteiger partial charge is 0.140 e. The Morgan fingerprint density at radius 3 is 2.50 bits per heavy atom. The maximum Gasteiger partial charge on any atom is 0.140 e. The van der Waals surface area contributed by atoms with E-state index in [1.54, 1.807) is 6.26 Å². The SMILES string of the molecule is CC.CC.Cc1cc(C)c2occc2c1OCC1CCCO1. The van der Waals surface area contributed by atoms with Gasteiger partial charge in [-0.25, -0.2) is 0 Å². The molecule has 0 saturated carbocycles. The summed E-state index contributed by atoms with van der Waals surface area (Å²) in [4.78, 5) is 0. The van der Waals surface area contributed by atoms with E-state index in [2.05, 4.69) is 19.9 Å².